The predicted octanol–water partition coefficient (Wildman–Crippen LogP) is 1.27. The Bertz CT molecular complexity index is 1280. The van der Waals surface area contributed by atoms with E-state index >= 15 is 0 Å². The quantitative estimate of drug-likeness (QED) is 0.288. The number of carbonyl (C=O) groups is 3. The molecule has 38 heavy (non-hydrogen) atoms. The first-order valence-electron chi connectivity index (χ1n) is 12.2. The average Bonchev–Trinajstić information content (AvgIpc) is 2.90. The van der Waals surface area contributed by atoms with Crippen LogP contribution in [-0.2, 0) is 25.5 Å². The minimum atomic E-state index is -0.965. The molecule has 0 saturated heterocycles. The van der Waals surface area contributed by atoms with Crippen molar-refractivity contribution in [2.24, 2.45) is 0 Å². The normalized spacial score (nSPS) is 11.6. The number of nitrogen functional groups attached to an aromatic ring is 2. The molecule has 0 aliphatic carbocycles. The van der Waals surface area contributed by atoms with Gasteiger partial charge in [0.1, 0.15) is 6.04 Å². The molecule has 1 atom stereocenters. The van der Waals surface area contributed by atoms with Gasteiger partial charge in [0.2, 0.25) is 5.95 Å². The van der Waals surface area contributed by atoms with Gasteiger partial charge in [0.05, 0.1) is 25.1 Å². The number of rotatable bonds is 12. The number of amides is 1. The van der Waals surface area contributed by atoms with E-state index in [-0.39, 0.29) is 37.8 Å². The van der Waals surface area contributed by atoms with Crippen LogP contribution in [0.25, 0.3) is 11.2 Å². The summed E-state index contributed by atoms with van der Waals surface area (Å²) < 4.78 is 9.94. The van der Waals surface area contributed by atoms with Crippen LogP contribution in [-0.4, -0.2) is 70.6 Å². The molecule has 0 fully saturated rings. The lowest BCUT2D eigenvalue weighted by Gasteiger charge is -2.20. The summed E-state index contributed by atoms with van der Waals surface area (Å²) in [7, 11) is 1.91. The molecule has 1 amide bonds. The fraction of sp³-hybridized carbons (Fsp3) is 0.400. The fourth-order valence-electron chi connectivity index (χ4n) is 3.61. The molecule has 0 saturated carbocycles. The number of nitrogens with one attached hydrogen (secondary N) is 1. The first-order chi connectivity index (χ1) is 18.2. The fourth-order valence-corrected chi connectivity index (χ4v) is 3.61. The Labute approximate surface area is 219 Å². The number of nitrogens with zero attached hydrogens (tertiary/aromatic N) is 5. The summed E-state index contributed by atoms with van der Waals surface area (Å²) in [4.78, 5) is 55.5. The van der Waals surface area contributed by atoms with Gasteiger partial charge in [-0.1, -0.05) is 0 Å². The molecule has 13 nitrogen and oxygen atoms in total. The number of likely N-dealkylation sites (N-methyl/N-ethyl adjacent to an activating group) is 1. The van der Waals surface area contributed by atoms with Crippen molar-refractivity contribution in [2.75, 3.05) is 43.2 Å². The number of esters is 2. The van der Waals surface area contributed by atoms with Crippen LogP contribution in [0.4, 0.5) is 17.5 Å². The first-order valence-corrected chi connectivity index (χ1v) is 12.2. The van der Waals surface area contributed by atoms with Crippen LogP contribution in [0.3, 0.4) is 0 Å². The van der Waals surface area contributed by atoms with Crippen LogP contribution in [0.15, 0.2) is 30.5 Å². The predicted molar refractivity (Wildman–Crippen MR) is 141 cm³/mol. The van der Waals surface area contributed by atoms with E-state index in [1.165, 1.54) is 0 Å². The summed E-state index contributed by atoms with van der Waals surface area (Å²) in [6, 6.07) is 5.95. The third-order valence-corrected chi connectivity index (χ3v) is 5.59. The molecule has 3 rings (SSSR count). The van der Waals surface area contributed by atoms with Crippen LogP contribution in [0.5, 0.6) is 0 Å². The maximum absolute atomic E-state index is 12.8. The third kappa shape index (κ3) is 7.48. The Kier molecular flexibility index (Phi) is 9.68. The number of anilines is 3. The lowest BCUT2D eigenvalue weighted by atomic mass is 10.1. The zero-order valence-electron chi connectivity index (χ0n) is 21.6. The number of hydrogen-bond donors (Lipinski definition) is 3. The zero-order valence-corrected chi connectivity index (χ0v) is 21.6. The Balaban J connectivity index is 1.60. The van der Waals surface area contributed by atoms with Gasteiger partial charge in [-0.25, -0.2) is 14.8 Å². The average molecular weight is 525 g/mol. The molecule has 1 aromatic carbocycles. The van der Waals surface area contributed by atoms with Gasteiger partial charge in [0.15, 0.2) is 17.0 Å². The van der Waals surface area contributed by atoms with E-state index in [1.54, 1.807) is 44.3 Å². The highest BCUT2D eigenvalue weighted by molar-refractivity contribution is 5.97. The van der Waals surface area contributed by atoms with E-state index < -0.39 is 23.9 Å². The van der Waals surface area contributed by atoms with Gasteiger partial charge in [0, 0.05) is 37.7 Å². The van der Waals surface area contributed by atoms with E-state index in [0.29, 0.717) is 35.4 Å². The number of nitrogens with two attached hydrogens (primary N) is 2. The second kappa shape index (κ2) is 13.1. The summed E-state index contributed by atoms with van der Waals surface area (Å²) in [5.74, 6) is -1.28. The van der Waals surface area contributed by atoms with Crippen molar-refractivity contribution in [3.63, 3.8) is 0 Å². The summed E-state index contributed by atoms with van der Waals surface area (Å²) in [6.07, 6.45) is 2.26. The molecule has 13 heteroatoms. The van der Waals surface area contributed by atoms with Crippen LogP contribution in [0.2, 0.25) is 0 Å². The molecule has 0 aliphatic heterocycles. The second-order valence-corrected chi connectivity index (χ2v) is 8.34. The standard InChI is InChI=1S/C25H32N8O5/c1-4-37-19(34)11-10-18(24(36)38-5-2)30-23(35)15-6-8-17(9-7-15)33(3)13-12-16-14-28-22-20(29-16)21(26)31-25(27)32-22/h6-9,14,18H,4-5,10-13H2,1-3H3,(H,30,35)(H4,26,27,28,31,32). The summed E-state index contributed by atoms with van der Waals surface area (Å²) in [5.41, 5.74) is 14.2. The van der Waals surface area contributed by atoms with Crippen molar-refractivity contribution < 1.29 is 23.9 Å². The van der Waals surface area contributed by atoms with Crippen LogP contribution in [0.1, 0.15) is 42.7 Å². The van der Waals surface area contributed by atoms with E-state index in [0.717, 1.165) is 5.69 Å². The van der Waals surface area contributed by atoms with Gasteiger partial charge in [-0.15, -0.1) is 0 Å². The highest BCUT2D eigenvalue weighted by Crippen LogP contribution is 2.17. The van der Waals surface area contributed by atoms with Crippen molar-refractivity contribution in [3.8, 4) is 0 Å². The number of aromatic nitrogens is 4. The number of carbonyl (C=O) groups excluding carboxylic acids is 3. The molecular formula is C25H32N8O5. The van der Waals surface area contributed by atoms with E-state index in [9.17, 15) is 14.4 Å². The monoisotopic (exact) mass is 524 g/mol. The van der Waals surface area contributed by atoms with E-state index in [2.05, 4.69) is 25.3 Å². The molecule has 2 aromatic heterocycles. The summed E-state index contributed by atoms with van der Waals surface area (Å²) in [5, 5.41) is 2.65. The van der Waals surface area contributed by atoms with Crippen LogP contribution in [0, 0.1) is 0 Å². The molecule has 202 valence electrons. The summed E-state index contributed by atoms with van der Waals surface area (Å²) >= 11 is 0. The maximum Gasteiger partial charge on any atom is 0.328 e. The molecule has 0 spiro atoms. The van der Waals surface area contributed by atoms with Gasteiger partial charge in [0.25, 0.3) is 5.91 Å². The van der Waals surface area contributed by atoms with Crippen molar-refractivity contribution >= 4 is 46.5 Å². The highest BCUT2D eigenvalue weighted by atomic mass is 16.5. The van der Waals surface area contributed by atoms with E-state index in [4.69, 9.17) is 20.9 Å². The lowest BCUT2D eigenvalue weighted by Crippen LogP contribution is -2.42. The first kappa shape index (κ1) is 28.0. The van der Waals surface area contributed by atoms with E-state index in [1.807, 2.05) is 11.9 Å². The van der Waals surface area contributed by atoms with Crippen molar-refractivity contribution in [3.05, 3.63) is 41.7 Å². The molecule has 2 heterocycles. The van der Waals surface area contributed by atoms with Gasteiger partial charge in [-0.3, -0.25) is 9.59 Å². The molecule has 0 radical (unpaired) electrons. The summed E-state index contributed by atoms with van der Waals surface area (Å²) in [6.45, 7) is 4.38. The third-order valence-electron chi connectivity index (χ3n) is 5.59. The van der Waals surface area contributed by atoms with Crippen LogP contribution >= 0.6 is 0 Å². The van der Waals surface area contributed by atoms with Gasteiger partial charge < -0.3 is 31.2 Å². The lowest BCUT2D eigenvalue weighted by molar-refractivity contribution is -0.146. The number of ether oxygens (including phenoxy) is 2. The Hall–Kier alpha value is -4.55. The second-order valence-electron chi connectivity index (χ2n) is 8.34. The Morgan fingerprint density at radius 2 is 1.74 bits per heavy atom. The minimum absolute atomic E-state index is 0.0173. The van der Waals surface area contributed by atoms with Gasteiger partial charge >= 0.3 is 11.9 Å². The zero-order chi connectivity index (χ0) is 27.7. The number of hydrogen-bond acceptors (Lipinski definition) is 12. The minimum Gasteiger partial charge on any atom is -0.466 e. The molecule has 3 aromatic rings. The number of fused-ring (bicyclic) bond motifs is 1. The highest BCUT2D eigenvalue weighted by Gasteiger charge is 2.24. The topological polar surface area (TPSA) is 189 Å². The van der Waals surface area contributed by atoms with Crippen molar-refractivity contribution in [1.29, 1.82) is 0 Å². The van der Waals surface area contributed by atoms with Crippen molar-refractivity contribution in [1.82, 2.24) is 25.3 Å². The Morgan fingerprint density at radius 1 is 1.03 bits per heavy atom. The Morgan fingerprint density at radius 3 is 2.42 bits per heavy atom. The SMILES string of the molecule is CCOC(=O)CCC(NC(=O)c1ccc(N(C)CCc2cnc3nc(N)nc(N)c3n2)cc1)C(=O)OCC. The largest absolute Gasteiger partial charge is 0.466 e. The smallest absolute Gasteiger partial charge is 0.328 e. The van der Waals surface area contributed by atoms with Gasteiger partial charge in [-0.05, 0) is 44.5 Å². The molecule has 1 unspecified atom stereocenters. The molecule has 5 N–H and O–H groups in total. The molecule has 0 bridgehead atoms. The number of benzene rings is 1. The molecule has 0 aliphatic rings. The van der Waals surface area contributed by atoms with Crippen LogP contribution < -0.4 is 21.7 Å². The maximum atomic E-state index is 12.8. The molecular weight excluding hydrogens is 492 g/mol. The van der Waals surface area contributed by atoms with Crippen molar-refractivity contribution in [2.45, 2.75) is 39.2 Å². The van der Waals surface area contributed by atoms with Gasteiger partial charge in [-0.2, -0.15) is 9.97 Å².